The smallest absolute Gasteiger partial charge is 0.253 e. The second-order valence-corrected chi connectivity index (χ2v) is 4.56. The molecular formula is C15H23N3O2. The van der Waals surface area contributed by atoms with Gasteiger partial charge in [0.25, 0.3) is 5.91 Å². The second kappa shape index (κ2) is 7.65. The van der Waals surface area contributed by atoms with Gasteiger partial charge in [-0.1, -0.05) is 13.0 Å². The molecule has 1 rings (SSSR count). The lowest BCUT2D eigenvalue weighted by Crippen LogP contribution is -2.35. The van der Waals surface area contributed by atoms with Crippen LogP contribution in [-0.4, -0.2) is 35.8 Å². The van der Waals surface area contributed by atoms with E-state index in [1.807, 2.05) is 20.8 Å². The predicted molar refractivity (Wildman–Crippen MR) is 80.6 cm³/mol. The van der Waals surface area contributed by atoms with E-state index >= 15 is 0 Å². The van der Waals surface area contributed by atoms with Gasteiger partial charge in [-0.3, -0.25) is 9.59 Å². The van der Waals surface area contributed by atoms with Gasteiger partial charge < -0.3 is 16.0 Å². The van der Waals surface area contributed by atoms with Crippen LogP contribution in [0, 0.1) is 0 Å². The first-order valence-electron chi connectivity index (χ1n) is 6.99. The molecule has 1 aromatic carbocycles. The molecule has 5 heteroatoms. The third kappa shape index (κ3) is 4.06. The van der Waals surface area contributed by atoms with Gasteiger partial charge in [0.2, 0.25) is 5.91 Å². The Labute approximate surface area is 120 Å². The Morgan fingerprint density at radius 2 is 1.90 bits per heavy atom. The van der Waals surface area contributed by atoms with Gasteiger partial charge in [-0.05, 0) is 38.5 Å². The summed E-state index contributed by atoms with van der Waals surface area (Å²) in [6, 6.07) is 6.40. The zero-order valence-electron chi connectivity index (χ0n) is 12.3. The summed E-state index contributed by atoms with van der Waals surface area (Å²) in [7, 11) is 0. The van der Waals surface area contributed by atoms with Gasteiger partial charge >= 0.3 is 0 Å². The first-order valence-corrected chi connectivity index (χ1v) is 6.99. The number of anilines is 1. The highest BCUT2D eigenvalue weighted by molar-refractivity contribution is 5.98. The molecule has 0 radical (unpaired) electrons. The molecule has 1 unspecified atom stereocenters. The van der Waals surface area contributed by atoms with E-state index in [2.05, 4.69) is 5.32 Å². The van der Waals surface area contributed by atoms with Gasteiger partial charge in [-0.2, -0.15) is 0 Å². The van der Waals surface area contributed by atoms with E-state index in [-0.39, 0.29) is 11.8 Å². The van der Waals surface area contributed by atoms with Gasteiger partial charge in [-0.15, -0.1) is 0 Å². The third-order valence-corrected chi connectivity index (χ3v) is 3.20. The van der Waals surface area contributed by atoms with E-state index in [1.54, 1.807) is 29.2 Å². The van der Waals surface area contributed by atoms with Gasteiger partial charge in [0, 0.05) is 24.3 Å². The molecule has 0 saturated heterocycles. The topological polar surface area (TPSA) is 75.4 Å². The van der Waals surface area contributed by atoms with Crippen LogP contribution in [0.1, 0.15) is 37.6 Å². The summed E-state index contributed by atoms with van der Waals surface area (Å²) in [6.07, 6.45) is 0.573. The summed E-state index contributed by atoms with van der Waals surface area (Å²) in [5.41, 5.74) is 6.83. The molecule has 0 aliphatic rings. The molecule has 1 aromatic rings. The van der Waals surface area contributed by atoms with E-state index in [4.69, 9.17) is 5.73 Å². The molecule has 1 atom stereocenters. The lowest BCUT2D eigenvalue weighted by molar-refractivity contribution is -0.117. The Bertz CT molecular complexity index is 470. The Balaban J connectivity index is 2.85. The number of amides is 2. The molecule has 0 aliphatic heterocycles. The summed E-state index contributed by atoms with van der Waals surface area (Å²) >= 11 is 0. The van der Waals surface area contributed by atoms with Crippen LogP contribution >= 0.6 is 0 Å². The number of rotatable bonds is 6. The average molecular weight is 277 g/mol. The van der Waals surface area contributed by atoms with E-state index in [0.29, 0.717) is 30.8 Å². The number of hydrogen-bond acceptors (Lipinski definition) is 3. The van der Waals surface area contributed by atoms with Crippen molar-refractivity contribution >= 4 is 17.5 Å². The van der Waals surface area contributed by atoms with Crippen LogP contribution in [0.5, 0.6) is 0 Å². The number of hydrogen-bond donors (Lipinski definition) is 2. The number of carbonyl (C=O) groups is 2. The van der Waals surface area contributed by atoms with E-state index in [0.717, 1.165) is 0 Å². The van der Waals surface area contributed by atoms with Crippen LogP contribution < -0.4 is 11.1 Å². The minimum absolute atomic E-state index is 0.0362. The molecule has 0 saturated carbocycles. The van der Waals surface area contributed by atoms with Crippen LogP contribution in [0.25, 0.3) is 0 Å². The van der Waals surface area contributed by atoms with Crippen molar-refractivity contribution in [2.24, 2.45) is 5.73 Å². The fourth-order valence-electron chi connectivity index (χ4n) is 1.84. The molecule has 0 aliphatic carbocycles. The normalized spacial score (nSPS) is 11.8. The number of nitrogens with two attached hydrogens (primary N) is 1. The van der Waals surface area contributed by atoms with Crippen LogP contribution in [-0.2, 0) is 4.79 Å². The molecular weight excluding hydrogens is 254 g/mol. The Kier molecular flexibility index (Phi) is 6.18. The second-order valence-electron chi connectivity index (χ2n) is 4.56. The van der Waals surface area contributed by atoms with Crippen molar-refractivity contribution in [1.82, 2.24) is 4.90 Å². The maximum atomic E-state index is 12.2. The molecule has 5 nitrogen and oxygen atoms in total. The van der Waals surface area contributed by atoms with Crippen LogP contribution in [0.2, 0.25) is 0 Å². The van der Waals surface area contributed by atoms with E-state index in [9.17, 15) is 9.59 Å². The highest BCUT2D eigenvalue weighted by atomic mass is 16.2. The molecule has 0 spiro atoms. The Hall–Kier alpha value is -1.88. The molecule has 0 aromatic heterocycles. The molecule has 110 valence electrons. The molecule has 0 fully saturated rings. The van der Waals surface area contributed by atoms with Crippen molar-refractivity contribution in [3.63, 3.8) is 0 Å². The Morgan fingerprint density at radius 1 is 1.25 bits per heavy atom. The lowest BCUT2D eigenvalue weighted by Gasteiger charge is -2.19. The number of carbonyl (C=O) groups excluding carboxylic acids is 2. The summed E-state index contributed by atoms with van der Waals surface area (Å²) in [5.74, 6) is -0.272. The molecule has 2 amide bonds. The fourth-order valence-corrected chi connectivity index (χ4v) is 1.84. The molecule has 0 heterocycles. The van der Waals surface area contributed by atoms with E-state index < -0.39 is 6.04 Å². The standard InChI is InChI=1S/C15H23N3O2/c1-4-13(16)14(19)17-12-9-7-8-11(10-12)15(20)18(5-2)6-3/h7-10,13H,4-6,16H2,1-3H3,(H,17,19). The van der Waals surface area contributed by atoms with Crippen molar-refractivity contribution in [3.05, 3.63) is 29.8 Å². The first kappa shape index (κ1) is 16.2. The third-order valence-electron chi connectivity index (χ3n) is 3.20. The van der Waals surface area contributed by atoms with Crippen molar-refractivity contribution in [2.45, 2.75) is 33.2 Å². The largest absolute Gasteiger partial charge is 0.339 e. The number of nitrogens with zero attached hydrogens (tertiary/aromatic N) is 1. The number of benzene rings is 1. The Morgan fingerprint density at radius 3 is 2.45 bits per heavy atom. The van der Waals surface area contributed by atoms with Crippen molar-refractivity contribution in [3.8, 4) is 0 Å². The van der Waals surface area contributed by atoms with Gasteiger partial charge in [-0.25, -0.2) is 0 Å². The predicted octanol–water partition coefficient (Wildman–Crippen LogP) is 1.84. The fraction of sp³-hybridized carbons (Fsp3) is 0.467. The summed E-state index contributed by atoms with van der Waals surface area (Å²) in [5, 5.41) is 2.73. The lowest BCUT2D eigenvalue weighted by atomic mass is 10.1. The molecule has 20 heavy (non-hydrogen) atoms. The maximum Gasteiger partial charge on any atom is 0.253 e. The molecule has 0 bridgehead atoms. The summed E-state index contributed by atoms with van der Waals surface area (Å²) < 4.78 is 0. The summed E-state index contributed by atoms with van der Waals surface area (Å²) in [6.45, 7) is 7.05. The monoisotopic (exact) mass is 277 g/mol. The van der Waals surface area contributed by atoms with Crippen LogP contribution in [0.15, 0.2) is 24.3 Å². The summed E-state index contributed by atoms with van der Waals surface area (Å²) in [4.78, 5) is 25.7. The van der Waals surface area contributed by atoms with Crippen molar-refractivity contribution in [2.75, 3.05) is 18.4 Å². The quantitative estimate of drug-likeness (QED) is 0.833. The SMILES string of the molecule is CCC(N)C(=O)Nc1cccc(C(=O)N(CC)CC)c1. The van der Waals surface area contributed by atoms with Crippen molar-refractivity contribution < 1.29 is 9.59 Å². The van der Waals surface area contributed by atoms with Gasteiger partial charge in [0.05, 0.1) is 6.04 Å². The number of nitrogens with one attached hydrogen (secondary N) is 1. The zero-order chi connectivity index (χ0) is 15.1. The van der Waals surface area contributed by atoms with Crippen molar-refractivity contribution in [1.29, 1.82) is 0 Å². The maximum absolute atomic E-state index is 12.2. The van der Waals surface area contributed by atoms with Crippen LogP contribution in [0.3, 0.4) is 0 Å². The van der Waals surface area contributed by atoms with E-state index in [1.165, 1.54) is 0 Å². The highest BCUT2D eigenvalue weighted by Crippen LogP contribution is 2.13. The average Bonchev–Trinajstić information content (AvgIpc) is 2.47. The molecule has 3 N–H and O–H groups in total. The highest BCUT2D eigenvalue weighted by Gasteiger charge is 2.14. The zero-order valence-corrected chi connectivity index (χ0v) is 12.3. The minimum Gasteiger partial charge on any atom is -0.339 e. The van der Waals surface area contributed by atoms with Gasteiger partial charge in [0.1, 0.15) is 0 Å². The van der Waals surface area contributed by atoms with Crippen LogP contribution in [0.4, 0.5) is 5.69 Å². The van der Waals surface area contributed by atoms with Gasteiger partial charge in [0.15, 0.2) is 0 Å². The first-order chi connectivity index (χ1) is 9.53. The minimum atomic E-state index is -0.530.